The van der Waals surface area contributed by atoms with Crippen molar-refractivity contribution in [1.82, 2.24) is 4.98 Å². The van der Waals surface area contributed by atoms with Crippen molar-refractivity contribution in [1.29, 1.82) is 0 Å². The van der Waals surface area contributed by atoms with Crippen LogP contribution in [0.15, 0.2) is 42.5 Å². The summed E-state index contributed by atoms with van der Waals surface area (Å²) < 4.78 is 17.8. The van der Waals surface area contributed by atoms with Gasteiger partial charge in [0.05, 0.1) is 18.0 Å². The fraction of sp³-hybridized carbons (Fsp3) is 0.158. The molecule has 0 fully saturated rings. The summed E-state index contributed by atoms with van der Waals surface area (Å²) in [6.07, 6.45) is 0.507. The highest BCUT2D eigenvalue weighted by Crippen LogP contribution is 2.32. The molecule has 1 heterocycles. The third kappa shape index (κ3) is 7.84. The van der Waals surface area contributed by atoms with E-state index < -0.39 is 18.0 Å². The van der Waals surface area contributed by atoms with Crippen LogP contribution < -0.4 is 16.4 Å². The first-order valence-electron chi connectivity index (χ1n) is 8.49. The van der Waals surface area contributed by atoms with E-state index in [-0.39, 0.29) is 18.2 Å². The molecule has 1 amide bonds. The molecule has 0 aliphatic carbocycles. The summed E-state index contributed by atoms with van der Waals surface area (Å²) in [4.78, 5) is 34.9. The average molecular weight is 420 g/mol. The Kier molecular flexibility index (Phi) is 9.27. The van der Waals surface area contributed by atoms with Gasteiger partial charge in [-0.1, -0.05) is 0 Å². The maximum absolute atomic E-state index is 13.0. The van der Waals surface area contributed by atoms with Crippen molar-refractivity contribution in [2.45, 2.75) is 6.92 Å². The minimum absolute atomic E-state index is 0.138. The first-order valence-corrected chi connectivity index (χ1v) is 8.49. The van der Waals surface area contributed by atoms with Gasteiger partial charge in [0.2, 0.25) is 0 Å². The number of carbonyl (C=O) groups is 3. The smallest absolute Gasteiger partial charge is 0.411 e. The van der Waals surface area contributed by atoms with Gasteiger partial charge in [-0.05, 0) is 37.3 Å². The van der Waals surface area contributed by atoms with E-state index in [4.69, 9.17) is 20.7 Å². The first kappa shape index (κ1) is 23.9. The number of aliphatic carboxylic acids is 2. The van der Waals surface area contributed by atoms with Crippen molar-refractivity contribution in [3.05, 3.63) is 48.3 Å². The number of rotatable bonds is 6. The fourth-order valence-corrected chi connectivity index (χ4v) is 2.07. The monoisotopic (exact) mass is 420 g/mol. The molecule has 0 radical (unpaired) electrons. The van der Waals surface area contributed by atoms with E-state index in [0.717, 1.165) is 0 Å². The summed E-state index contributed by atoms with van der Waals surface area (Å²) in [5.74, 6) is -2.70. The minimum atomic E-state index is -1.26. The Bertz CT molecular complexity index is 915. The number of amides is 1. The number of nitrogen functional groups attached to an aromatic ring is 1. The average Bonchev–Trinajstić information content (AvgIpc) is 2.69. The van der Waals surface area contributed by atoms with Crippen molar-refractivity contribution < 1.29 is 33.7 Å². The summed E-state index contributed by atoms with van der Waals surface area (Å²) in [5.41, 5.74) is 8.12. The quantitative estimate of drug-likeness (QED) is 0.442. The van der Waals surface area contributed by atoms with Gasteiger partial charge in [-0.25, -0.2) is 23.8 Å². The molecule has 1 aromatic carbocycles. The lowest BCUT2D eigenvalue weighted by Gasteiger charge is -2.14. The second-order valence-corrected chi connectivity index (χ2v) is 5.43. The molecule has 0 saturated heterocycles. The molecule has 2 rings (SSSR count). The van der Waals surface area contributed by atoms with Crippen molar-refractivity contribution >= 4 is 35.2 Å². The van der Waals surface area contributed by atoms with E-state index >= 15 is 0 Å². The van der Waals surface area contributed by atoms with Crippen LogP contribution in [0.5, 0.6) is 0 Å². The molecule has 0 aliphatic rings. The van der Waals surface area contributed by atoms with Crippen molar-refractivity contribution in [3.8, 4) is 11.3 Å². The Hall–Kier alpha value is -4.15. The fourth-order valence-electron chi connectivity index (χ4n) is 2.07. The lowest BCUT2D eigenvalue weighted by atomic mass is 10.1. The molecule has 2 aromatic rings. The Morgan fingerprint density at radius 3 is 2.20 bits per heavy atom. The highest BCUT2D eigenvalue weighted by molar-refractivity contribution is 5.95. The number of carboxylic acids is 2. The van der Waals surface area contributed by atoms with Gasteiger partial charge >= 0.3 is 18.0 Å². The number of nitrogens with one attached hydrogen (secondary N) is 2. The number of halogens is 1. The lowest BCUT2D eigenvalue weighted by molar-refractivity contribution is -0.134. The van der Waals surface area contributed by atoms with Crippen molar-refractivity contribution in [2.75, 3.05) is 30.0 Å². The van der Waals surface area contributed by atoms with Crippen LogP contribution >= 0.6 is 0 Å². The summed E-state index contributed by atoms with van der Waals surface area (Å²) in [5, 5.41) is 21.1. The molecule has 11 heteroatoms. The molecule has 160 valence electrons. The van der Waals surface area contributed by atoms with E-state index in [2.05, 4.69) is 15.6 Å². The molecular formula is C19H21FN4O6. The van der Waals surface area contributed by atoms with Gasteiger partial charge < -0.3 is 26.0 Å². The Balaban J connectivity index is 0.000000479. The third-order valence-corrected chi connectivity index (χ3v) is 3.33. The van der Waals surface area contributed by atoms with Crippen LogP contribution in [0.2, 0.25) is 0 Å². The van der Waals surface area contributed by atoms with Crippen LogP contribution in [-0.4, -0.2) is 46.9 Å². The number of nitrogens with two attached hydrogens (primary N) is 1. The van der Waals surface area contributed by atoms with Crippen molar-refractivity contribution in [2.24, 2.45) is 0 Å². The number of carbonyl (C=O) groups excluding carboxylic acids is 1. The molecule has 0 spiro atoms. The maximum atomic E-state index is 13.0. The Labute approximate surface area is 171 Å². The van der Waals surface area contributed by atoms with E-state index in [9.17, 15) is 18.8 Å². The van der Waals surface area contributed by atoms with Crippen LogP contribution in [0.1, 0.15) is 6.92 Å². The standard InChI is InChI=1S/C15H17FN4O2.C4H4O4/c1-3-22-15(21)20-13-12(18-2)8-11(19-14(13)17)9-4-6-10(16)7-5-9;5-3(6)1-2-4(7)8/h4-8H,3H2,1-2H3,(H,20,21)(H3,17,18,19);1-2H,(H,5,6)(H,7,8). The predicted molar refractivity (Wildman–Crippen MR) is 109 cm³/mol. The molecule has 0 atom stereocenters. The summed E-state index contributed by atoms with van der Waals surface area (Å²) >= 11 is 0. The molecule has 0 bridgehead atoms. The number of benzene rings is 1. The zero-order valence-corrected chi connectivity index (χ0v) is 16.2. The van der Waals surface area contributed by atoms with E-state index in [1.54, 1.807) is 32.2 Å². The number of aromatic nitrogens is 1. The van der Waals surface area contributed by atoms with E-state index in [0.29, 0.717) is 34.8 Å². The van der Waals surface area contributed by atoms with E-state index in [1.807, 2.05) is 0 Å². The van der Waals surface area contributed by atoms with Crippen LogP contribution in [0.25, 0.3) is 11.3 Å². The van der Waals surface area contributed by atoms with E-state index in [1.165, 1.54) is 12.1 Å². The molecule has 6 N–H and O–H groups in total. The number of nitrogens with zero attached hydrogens (tertiary/aromatic N) is 1. The first-order chi connectivity index (χ1) is 14.2. The number of hydrogen-bond acceptors (Lipinski definition) is 7. The van der Waals surface area contributed by atoms with Crippen LogP contribution in [0.4, 0.5) is 26.4 Å². The summed E-state index contributed by atoms with van der Waals surface area (Å²) in [6.45, 7) is 1.96. The number of pyridine rings is 1. The van der Waals surface area contributed by atoms with Crippen LogP contribution in [0.3, 0.4) is 0 Å². The topological polar surface area (TPSA) is 164 Å². The van der Waals surface area contributed by atoms with Gasteiger partial charge in [0.15, 0.2) is 0 Å². The second kappa shape index (κ2) is 11.6. The van der Waals surface area contributed by atoms with Crippen LogP contribution in [-0.2, 0) is 14.3 Å². The largest absolute Gasteiger partial charge is 0.478 e. The number of carboxylic acid groups (broad SMARTS) is 2. The second-order valence-electron chi connectivity index (χ2n) is 5.43. The molecule has 1 aromatic heterocycles. The number of hydrogen-bond donors (Lipinski definition) is 5. The third-order valence-electron chi connectivity index (χ3n) is 3.33. The van der Waals surface area contributed by atoms with Gasteiger partial charge in [0, 0.05) is 24.8 Å². The summed E-state index contributed by atoms with van der Waals surface area (Å²) in [6, 6.07) is 7.61. The highest BCUT2D eigenvalue weighted by atomic mass is 19.1. The summed E-state index contributed by atoms with van der Waals surface area (Å²) in [7, 11) is 1.69. The Morgan fingerprint density at radius 2 is 1.73 bits per heavy atom. The number of ether oxygens (including phenoxy) is 1. The van der Waals surface area contributed by atoms with Gasteiger partial charge in [-0.3, -0.25) is 5.32 Å². The molecule has 0 unspecified atom stereocenters. The SMILES string of the molecule is CCOC(=O)Nc1c(NC)cc(-c2ccc(F)cc2)nc1N.O=C(O)C=CC(=O)O. The van der Waals surface area contributed by atoms with Crippen LogP contribution in [0, 0.1) is 5.82 Å². The molecule has 30 heavy (non-hydrogen) atoms. The molecule has 10 nitrogen and oxygen atoms in total. The molecular weight excluding hydrogens is 399 g/mol. The molecule has 0 aliphatic heterocycles. The van der Waals surface area contributed by atoms with Gasteiger partial charge in [-0.15, -0.1) is 0 Å². The predicted octanol–water partition coefficient (Wildman–Crippen LogP) is 2.79. The maximum Gasteiger partial charge on any atom is 0.411 e. The Morgan fingerprint density at radius 1 is 1.17 bits per heavy atom. The minimum Gasteiger partial charge on any atom is -0.478 e. The van der Waals surface area contributed by atoms with Crippen molar-refractivity contribution in [3.63, 3.8) is 0 Å². The van der Waals surface area contributed by atoms with Gasteiger partial charge in [0.25, 0.3) is 0 Å². The number of anilines is 3. The highest BCUT2D eigenvalue weighted by Gasteiger charge is 2.14. The molecule has 0 saturated carbocycles. The van der Waals surface area contributed by atoms with Gasteiger partial charge in [-0.2, -0.15) is 0 Å². The normalized spacial score (nSPS) is 9.97. The lowest BCUT2D eigenvalue weighted by Crippen LogP contribution is -2.16. The van der Waals surface area contributed by atoms with Gasteiger partial charge in [0.1, 0.15) is 17.3 Å². The zero-order chi connectivity index (χ0) is 22.7. The zero-order valence-electron chi connectivity index (χ0n) is 16.2.